The molecular formula is C17H24ClN7O. The summed E-state index contributed by atoms with van der Waals surface area (Å²) in [6.07, 6.45) is 6.39. The maximum absolute atomic E-state index is 11.5. The second-order valence-corrected chi connectivity index (χ2v) is 7.21. The van der Waals surface area contributed by atoms with Gasteiger partial charge in [0.1, 0.15) is 5.02 Å². The van der Waals surface area contributed by atoms with E-state index in [2.05, 4.69) is 25.9 Å². The molecule has 2 atom stereocenters. The first-order chi connectivity index (χ1) is 12.5. The monoisotopic (exact) mass is 377 g/mol. The topological polar surface area (TPSA) is 106 Å². The number of rotatable bonds is 6. The smallest absolute Gasteiger partial charge is 0.229 e. The molecule has 1 saturated carbocycles. The zero-order chi connectivity index (χ0) is 18.7. The van der Waals surface area contributed by atoms with Gasteiger partial charge in [0.25, 0.3) is 0 Å². The van der Waals surface area contributed by atoms with E-state index in [9.17, 15) is 4.79 Å². The number of nitrogens with one attached hydrogen (secondary N) is 4. The normalized spacial score (nSPS) is 25.0. The minimum absolute atomic E-state index is 0.162. The number of hydrogen-bond donors (Lipinski definition) is 4. The van der Waals surface area contributed by atoms with Gasteiger partial charge in [0.05, 0.1) is 11.9 Å². The van der Waals surface area contributed by atoms with E-state index >= 15 is 0 Å². The maximum atomic E-state index is 11.5. The molecule has 0 aromatic carbocycles. The molecule has 2 heterocycles. The Balaban J connectivity index is 1.64. The van der Waals surface area contributed by atoms with Gasteiger partial charge in [-0.2, -0.15) is 4.98 Å². The van der Waals surface area contributed by atoms with E-state index in [1.165, 1.54) is 6.21 Å². The second kappa shape index (κ2) is 7.90. The summed E-state index contributed by atoms with van der Waals surface area (Å²) in [6, 6.07) is 0.286. The van der Waals surface area contributed by atoms with Crippen LogP contribution in [0.3, 0.4) is 0 Å². The summed E-state index contributed by atoms with van der Waals surface area (Å²) in [5.41, 5.74) is 0.542. The van der Waals surface area contributed by atoms with Crippen molar-refractivity contribution in [3.8, 4) is 0 Å². The van der Waals surface area contributed by atoms with E-state index in [4.69, 9.17) is 17.0 Å². The van der Waals surface area contributed by atoms with Gasteiger partial charge >= 0.3 is 0 Å². The molecule has 0 bridgehead atoms. The van der Waals surface area contributed by atoms with E-state index in [0.29, 0.717) is 34.3 Å². The highest BCUT2D eigenvalue weighted by atomic mass is 35.5. The van der Waals surface area contributed by atoms with E-state index < -0.39 is 0 Å². The van der Waals surface area contributed by atoms with Crippen LogP contribution in [0.1, 0.15) is 19.8 Å². The summed E-state index contributed by atoms with van der Waals surface area (Å²) in [5, 5.41) is 17.1. The standard InChI is InChI=1S/C17H24ClN7O/c1-10(26)25-8-11-3-13(4-12(11)9-25)22-16-15(18)7-21-17(24-16)23-14(5-19)6-20-2/h5-7,11-13,19-20H,3-4,8-9H2,1-2H3,(H2,21,22,23,24)/b14-6+,19-5?. The molecule has 9 heteroatoms. The fraction of sp³-hybridized carbons (Fsp3) is 0.529. The Hall–Kier alpha value is -2.35. The van der Waals surface area contributed by atoms with Crippen molar-refractivity contribution in [3.63, 3.8) is 0 Å². The van der Waals surface area contributed by atoms with Crippen LogP contribution >= 0.6 is 11.6 Å². The van der Waals surface area contributed by atoms with Crippen molar-refractivity contribution in [3.05, 3.63) is 23.1 Å². The van der Waals surface area contributed by atoms with E-state index in [0.717, 1.165) is 25.9 Å². The van der Waals surface area contributed by atoms with Crippen LogP contribution in [0, 0.1) is 17.2 Å². The zero-order valence-electron chi connectivity index (χ0n) is 14.9. The predicted octanol–water partition coefficient (Wildman–Crippen LogP) is 1.92. The van der Waals surface area contributed by atoms with Crippen LogP contribution in [0.15, 0.2) is 18.1 Å². The van der Waals surface area contributed by atoms with Gasteiger partial charge in [-0.3, -0.25) is 4.79 Å². The molecule has 26 heavy (non-hydrogen) atoms. The minimum Gasteiger partial charge on any atom is -0.392 e. The average molecular weight is 378 g/mol. The van der Waals surface area contributed by atoms with Gasteiger partial charge in [-0.1, -0.05) is 11.6 Å². The highest BCUT2D eigenvalue weighted by molar-refractivity contribution is 6.32. The quantitative estimate of drug-likeness (QED) is 0.564. The lowest BCUT2D eigenvalue weighted by atomic mass is 10.0. The zero-order valence-corrected chi connectivity index (χ0v) is 15.7. The van der Waals surface area contributed by atoms with E-state index in [1.54, 1.807) is 26.4 Å². The molecule has 1 aliphatic carbocycles. The maximum Gasteiger partial charge on any atom is 0.229 e. The van der Waals surface area contributed by atoms with Gasteiger partial charge < -0.3 is 26.3 Å². The number of nitrogens with zero attached hydrogens (tertiary/aromatic N) is 3. The fourth-order valence-electron chi connectivity index (χ4n) is 3.80. The first-order valence-corrected chi connectivity index (χ1v) is 9.07. The lowest BCUT2D eigenvalue weighted by Crippen LogP contribution is -2.29. The average Bonchev–Trinajstić information content (AvgIpc) is 3.16. The number of carbonyl (C=O) groups is 1. The Morgan fingerprint density at radius 3 is 2.65 bits per heavy atom. The molecule has 1 aromatic heterocycles. The molecule has 0 radical (unpaired) electrons. The molecule has 1 aliphatic heterocycles. The van der Waals surface area contributed by atoms with Crippen LogP contribution < -0.4 is 16.0 Å². The first kappa shape index (κ1) is 18.4. The van der Waals surface area contributed by atoms with Crippen molar-refractivity contribution < 1.29 is 4.79 Å². The van der Waals surface area contributed by atoms with Gasteiger partial charge in [0, 0.05) is 45.5 Å². The largest absolute Gasteiger partial charge is 0.392 e. The predicted molar refractivity (Wildman–Crippen MR) is 102 cm³/mol. The number of aromatic nitrogens is 2. The number of likely N-dealkylation sites (tertiary alicyclic amines) is 1. The Morgan fingerprint density at radius 1 is 1.38 bits per heavy atom. The molecule has 8 nitrogen and oxygen atoms in total. The molecule has 4 N–H and O–H groups in total. The van der Waals surface area contributed by atoms with Crippen molar-refractivity contribution in [2.45, 2.75) is 25.8 Å². The third kappa shape index (κ3) is 4.07. The molecular weight excluding hydrogens is 354 g/mol. The van der Waals surface area contributed by atoms with Crippen LogP contribution in [0.5, 0.6) is 0 Å². The molecule has 140 valence electrons. The van der Waals surface area contributed by atoms with E-state index in [-0.39, 0.29) is 11.9 Å². The molecule has 1 amide bonds. The third-order valence-electron chi connectivity index (χ3n) is 4.99. The van der Waals surface area contributed by atoms with Crippen LogP contribution in [0.2, 0.25) is 5.02 Å². The molecule has 2 aliphatic rings. The number of halogens is 1. The Kier molecular flexibility index (Phi) is 5.61. The summed E-state index contributed by atoms with van der Waals surface area (Å²) in [4.78, 5) is 22.1. The summed E-state index contributed by atoms with van der Waals surface area (Å²) < 4.78 is 0. The highest BCUT2D eigenvalue weighted by Crippen LogP contribution is 2.39. The number of allylic oxidation sites excluding steroid dienone is 1. The number of hydrogen-bond acceptors (Lipinski definition) is 7. The van der Waals surface area contributed by atoms with Crippen LogP contribution in [-0.2, 0) is 4.79 Å². The lowest BCUT2D eigenvalue weighted by molar-refractivity contribution is -0.128. The van der Waals surface area contributed by atoms with Gasteiger partial charge in [-0.15, -0.1) is 0 Å². The summed E-state index contributed by atoms with van der Waals surface area (Å²) in [6.45, 7) is 3.33. The van der Waals surface area contributed by atoms with E-state index in [1.807, 2.05) is 4.90 Å². The Labute approximate surface area is 157 Å². The van der Waals surface area contributed by atoms with Gasteiger partial charge in [0.2, 0.25) is 11.9 Å². The number of fused-ring (bicyclic) bond motifs is 1. The molecule has 2 unspecified atom stereocenters. The number of amides is 1. The molecule has 0 spiro atoms. The Bertz CT molecular complexity index is 709. The van der Waals surface area contributed by atoms with Crippen LogP contribution in [-0.4, -0.2) is 53.2 Å². The van der Waals surface area contributed by atoms with Gasteiger partial charge in [-0.25, -0.2) is 4.98 Å². The third-order valence-corrected chi connectivity index (χ3v) is 5.27. The SMILES string of the molecule is CN/C=C(\C=N)Nc1ncc(Cl)c(NC2CC3CN(C(C)=O)CC3C2)n1. The fourth-order valence-corrected chi connectivity index (χ4v) is 3.94. The molecule has 1 saturated heterocycles. The van der Waals surface area contributed by atoms with Gasteiger partial charge in [-0.05, 0) is 24.7 Å². The Morgan fingerprint density at radius 2 is 2.08 bits per heavy atom. The summed E-state index contributed by atoms with van der Waals surface area (Å²) >= 11 is 6.25. The van der Waals surface area contributed by atoms with Crippen LogP contribution in [0.25, 0.3) is 0 Å². The lowest BCUT2D eigenvalue weighted by Gasteiger charge is -2.19. The first-order valence-electron chi connectivity index (χ1n) is 8.69. The highest BCUT2D eigenvalue weighted by Gasteiger charge is 2.41. The van der Waals surface area contributed by atoms with Gasteiger partial charge in [0.15, 0.2) is 5.82 Å². The summed E-state index contributed by atoms with van der Waals surface area (Å²) in [7, 11) is 1.76. The van der Waals surface area contributed by atoms with Crippen molar-refractivity contribution in [1.82, 2.24) is 20.2 Å². The van der Waals surface area contributed by atoms with Crippen molar-refractivity contribution in [1.29, 1.82) is 5.41 Å². The summed E-state index contributed by atoms with van der Waals surface area (Å²) in [5.74, 6) is 2.21. The molecule has 1 aromatic rings. The van der Waals surface area contributed by atoms with Crippen molar-refractivity contribution in [2.75, 3.05) is 30.8 Å². The number of carbonyl (C=O) groups excluding carboxylic acids is 1. The second-order valence-electron chi connectivity index (χ2n) is 6.80. The van der Waals surface area contributed by atoms with Crippen LogP contribution in [0.4, 0.5) is 11.8 Å². The molecule has 2 fully saturated rings. The van der Waals surface area contributed by atoms with Crippen molar-refractivity contribution >= 4 is 35.5 Å². The van der Waals surface area contributed by atoms with Crippen molar-refractivity contribution in [2.24, 2.45) is 11.8 Å². The minimum atomic E-state index is 0.162. The number of anilines is 2. The molecule has 3 rings (SSSR count).